The molecular weight excluding hydrogens is 280 g/mol. The summed E-state index contributed by atoms with van der Waals surface area (Å²) in [5.41, 5.74) is 0. The molecule has 3 rings (SSSR count). The second-order valence-corrected chi connectivity index (χ2v) is 6.60. The van der Waals surface area contributed by atoms with E-state index < -0.39 is 0 Å². The van der Waals surface area contributed by atoms with E-state index in [2.05, 4.69) is 20.4 Å². The van der Waals surface area contributed by atoms with Gasteiger partial charge in [-0.3, -0.25) is 9.69 Å². The maximum atomic E-state index is 12.2. The zero-order valence-corrected chi connectivity index (χ0v) is 13.4. The zero-order chi connectivity index (χ0) is 15.4. The molecule has 2 aliphatic rings. The Morgan fingerprint density at radius 2 is 1.95 bits per heavy atom. The zero-order valence-electron chi connectivity index (χ0n) is 13.4. The minimum atomic E-state index is -0.220. The first-order valence-electron chi connectivity index (χ1n) is 8.57. The number of hydrogen-bond acceptors (Lipinski definition) is 5. The molecule has 0 aromatic carbocycles. The largest absolute Gasteiger partial charge is 0.343 e. The minimum absolute atomic E-state index is 0.0410. The Kier molecular flexibility index (Phi) is 5.08. The highest BCUT2D eigenvalue weighted by molar-refractivity contribution is 5.78. The molecule has 1 saturated heterocycles. The third-order valence-corrected chi connectivity index (χ3v) is 4.46. The highest BCUT2D eigenvalue weighted by Gasteiger charge is 2.29. The smallest absolute Gasteiger partial charge is 0.248 e. The monoisotopic (exact) mass is 306 g/mol. The van der Waals surface area contributed by atoms with Crippen molar-refractivity contribution in [3.05, 3.63) is 11.7 Å². The van der Waals surface area contributed by atoms with E-state index in [-0.39, 0.29) is 11.9 Å². The van der Waals surface area contributed by atoms with E-state index in [4.69, 9.17) is 4.52 Å². The molecule has 1 N–H and O–H groups in total. The van der Waals surface area contributed by atoms with Gasteiger partial charge in [0.25, 0.3) is 0 Å². The molecule has 1 saturated carbocycles. The summed E-state index contributed by atoms with van der Waals surface area (Å²) in [6, 6.07) is -0.220. The van der Waals surface area contributed by atoms with Crippen molar-refractivity contribution >= 4 is 5.91 Å². The van der Waals surface area contributed by atoms with Crippen molar-refractivity contribution in [3.63, 3.8) is 0 Å². The Labute approximate surface area is 131 Å². The molecule has 1 aliphatic heterocycles. The van der Waals surface area contributed by atoms with Crippen LogP contribution in [0.4, 0.5) is 0 Å². The Morgan fingerprint density at radius 1 is 1.27 bits per heavy atom. The van der Waals surface area contributed by atoms with Gasteiger partial charge < -0.3 is 9.84 Å². The molecule has 6 nitrogen and oxygen atoms in total. The van der Waals surface area contributed by atoms with Gasteiger partial charge in [-0.1, -0.05) is 24.4 Å². The molecule has 122 valence electrons. The van der Waals surface area contributed by atoms with Gasteiger partial charge in [-0.25, -0.2) is 0 Å². The highest BCUT2D eigenvalue weighted by atomic mass is 16.5. The van der Waals surface area contributed by atoms with E-state index in [0.717, 1.165) is 31.8 Å². The first-order chi connectivity index (χ1) is 10.7. The van der Waals surface area contributed by atoms with Gasteiger partial charge in [-0.2, -0.15) is 4.98 Å². The molecule has 1 amide bonds. The minimum Gasteiger partial charge on any atom is -0.343 e. The van der Waals surface area contributed by atoms with E-state index in [9.17, 15) is 4.79 Å². The third kappa shape index (κ3) is 4.29. The molecule has 2 heterocycles. The summed E-state index contributed by atoms with van der Waals surface area (Å²) in [7, 11) is 0. The molecule has 1 aromatic rings. The fourth-order valence-electron chi connectivity index (χ4n) is 2.95. The average molecular weight is 306 g/mol. The van der Waals surface area contributed by atoms with Gasteiger partial charge in [0, 0.05) is 5.92 Å². The molecule has 1 atom stereocenters. The predicted octanol–water partition coefficient (Wildman–Crippen LogP) is 2.39. The van der Waals surface area contributed by atoms with Crippen LogP contribution >= 0.6 is 0 Å². The first-order valence-corrected chi connectivity index (χ1v) is 8.57. The van der Waals surface area contributed by atoms with Crippen LogP contribution in [0.2, 0.25) is 0 Å². The van der Waals surface area contributed by atoms with Crippen molar-refractivity contribution in [2.75, 3.05) is 19.6 Å². The number of likely N-dealkylation sites (tertiary alicyclic amines) is 1. The maximum absolute atomic E-state index is 12.2. The third-order valence-electron chi connectivity index (χ3n) is 4.46. The predicted molar refractivity (Wildman–Crippen MR) is 82.4 cm³/mol. The lowest BCUT2D eigenvalue weighted by atomic mass is 10.1. The van der Waals surface area contributed by atoms with Crippen LogP contribution in [0.3, 0.4) is 0 Å². The van der Waals surface area contributed by atoms with Crippen molar-refractivity contribution < 1.29 is 9.32 Å². The number of hydrogen-bond donors (Lipinski definition) is 1. The second kappa shape index (κ2) is 7.22. The number of carbonyl (C=O) groups excluding carboxylic acids is 1. The van der Waals surface area contributed by atoms with Crippen molar-refractivity contribution in [2.45, 2.75) is 63.8 Å². The van der Waals surface area contributed by atoms with Gasteiger partial charge in [0.1, 0.15) is 6.04 Å². The van der Waals surface area contributed by atoms with Gasteiger partial charge >= 0.3 is 0 Å². The Morgan fingerprint density at radius 3 is 2.64 bits per heavy atom. The molecule has 0 bridgehead atoms. The van der Waals surface area contributed by atoms with Gasteiger partial charge in [-0.05, 0) is 45.7 Å². The number of carbonyl (C=O) groups is 1. The highest BCUT2D eigenvalue weighted by Crippen LogP contribution is 2.38. The summed E-state index contributed by atoms with van der Waals surface area (Å²) in [4.78, 5) is 18.9. The molecule has 0 radical (unpaired) electrons. The summed E-state index contributed by atoms with van der Waals surface area (Å²) in [5, 5.41) is 6.97. The molecule has 22 heavy (non-hydrogen) atoms. The van der Waals surface area contributed by atoms with Crippen LogP contribution in [0.15, 0.2) is 4.52 Å². The Hall–Kier alpha value is -1.43. The van der Waals surface area contributed by atoms with Crippen LogP contribution in [0.5, 0.6) is 0 Å². The summed E-state index contributed by atoms with van der Waals surface area (Å²) in [6.45, 7) is 4.41. The topological polar surface area (TPSA) is 71.3 Å². The van der Waals surface area contributed by atoms with E-state index in [1.165, 1.54) is 32.1 Å². The van der Waals surface area contributed by atoms with E-state index in [1.807, 2.05) is 6.92 Å². The number of nitrogens with one attached hydrogen (secondary N) is 1. The van der Waals surface area contributed by atoms with Crippen LogP contribution in [0, 0.1) is 0 Å². The van der Waals surface area contributed by atoms with Crippen molar-refractivity contribution in [1.29, 1.82) is 0 Å². The van der Waals surface area contributed by atoms with Crippen molar-refractivity contribution in [1.82, 2.24) is 20.4 Å². The number of rotatable bonds is 5. The molecule has 0 spiro atoms. The van der Waals surface area contributed by atoms with E-state index >= 15 is 0 Å². The lowest BCUT2D eigenvalue weighted by molar-refractivity contribution is -0.123. The van der Waals surface area contributed by atoms with Crippen LogP contribution in [-0.2, 0) is 4.79 Å². The van der Waals surface area contributed by atoms with Gasteiger partial charge in [0.15, 0.2) is 5.82 Å². The summed E-state index contributed by atoms with van der Waals surface area (Å²) >= 11 is 0. The van der Waals surface area contributed by atoms with E-state index in [1.54, 1.807) is 0 Å². The number of nitrogens with zero attached hydrogens (tertiary/aromatic N) is 3. The normalized spacial score (nSPS) is 21.9. The average Bonchev–Trinajstić information content (AvgIpc) is 3.19. The Bertz CT molecular complexity index is 490. The molecule has 6 heteroatoms. The molecule has 1 aromatic heterocycles. The number of amides is 1. The van der Waals surface area contributed by atoms with E-state index in [0.29, 0.717) is 18.4 Å². The van der Waals surface area contributed by atoms with Crippen LogP contribution in [0.25, 0.3) is 0 Å². The molecule has 1 unspecified atom stereocenters. The summed E-state index contributed by atoms with van der Waals surface area (Å²) in [6.07, 6.45) is 8.57. The van der Waals surface area contributed by atoms with Crippen molar-refractivity contribution in [3.8, 4) is 0 Å². The lowest BCUT2D eigenvalue weighted by Crippen LogP contribution is -2.39. The summed E-state index contributed by atoms with van der Waals surface area (Å²) < 4.78 is 5.27. The van der Waals surface area contributed by atoms with Crippen molar-refractivity contribution in [2.24, 2.45) is 0 Å². The SMILES string of the molecule is CC(NC(=O)CN1CCCCCCC1)c1nc(C2CC2)no1. The lowest BCUT2D eigenvalue weighted by Gasteiger charge is -2.24. The molecule has 1 aliphatic carbocycles. The maximum Gasteiger partial charge on any atom is 0.248 e. The molecular formula is C16H26N4O2. The fraction of sp³-hybridized carbons (Fsp3) is 0.812. The second-order valence-electron chi connectivity index (χ2n) is 6.60. The molecule has 2 fully saturated rings. The van der Waals surface area contributed by atoms with Gasteiger partial charge in [0.05, 0.1) is 6.54 Å². The van der Waals surface area contributed by atoms with Crippen LogP contribution in [-0.4, -0.2) is 40.6 Å². The Balaban J connectivity index is 1.47. The van der Waals surface area contributed by atoms with Crippen LogP contribution in [0.1, 0.15) is 75.5 Å². The number of aromatic nitrogens is 2. The quantitative estimate of drug-likeness (QED) is 0.904. The standard InChI is InChI=1S/C16H26N4O2/c1-12(16-18-15(19-22-16)13-7-8-13)17-14(21)11-20-9-5-3-2-4-6-10-20/h12-13H,2-11H2,1H3,(H,17,21). The summed E-state index contributed by atoms with van der Waals surface area (Å²) in [5.74, 6) is 1.82. The fourth-order valence-corrected chi connectivity index (χ4v) is 2.95. The van der Waals surface area contributed by atoms with Crippen LogP contribution < -0.4 is 5.32 Å². The first kappa shape index (κ1) is 15.5. The van der Waals surface area contributed by atoms with Gasteiger partial charge in [-0.15, -0.1) is 0 Å². The van der Waals surface area contributed by atoms with Gasteiger partial charge in [0.2, 0.25) is 11.8 Å².